The topological polar surface area (TPSA) is 112 Å². The van der Waals surface area contributed by atoms with Gasteiger partial charge in [-0.1, -0.05) is 20.3 Å². The zero-order valence-corrected chi connectivity index (χ0v) is 14.2. The van der Waals surface area contributed by atoms with E-state index in [2.05, 4.69) is 15.3 Å². The Morgan fingerprint density at radius 3 is 2.61 bits per heavy atom. The summed E-state index contributed by atoms with van der Waals surface area (Å²) in [6.07, 6.45) is 0.628. The molecule has 2 aromatic heterocycles. The number of amides is 1. The second kappa shape index (κ2) is 6.49. The van der Waals surface area contributed by atoms with E-state index in [4.69, 9.17) is 0 Å². The number of carbonyl (C=O) groups excluding carboxylic acids is 1. The Bertz CT molecular complexity index is 824. The predicted octanol–water partition coefficient (Wildman–Crippen LogP) is 1.83. The van der Waals surface area contributed by atoms with Crippen LogP contribution in [0.15, 0.2) is 4.79 Å². The molecular weight excluding hydrogens is 318 g/mol. The first-order chi connectivity index (χ1) is 10.8. The van der Waals surface area contributed by atoms with Crippen LogP contribution in [0.2, 0.25) is 0 Å². The van der Waals surface area contributed by atoms with Crippen molar-refractivity contribution in [3.05, 3.63) is 26.6 Å². The van der Waals surface area contributed by atoms with E-state index >= 15 is 0 Å². The Morgan fingerprint density at radius 2 is 2.04 bits per heavy atom. The average Bonchev–Trinajstić information content (AvgIpc) is 2.80. The number of thiophene rings is 1. The van der Waals surface area contributed by atoms with Crippen LogP contribution in [-0.2, 0) is 4.79 Å². The van der Waals surface area contributed by atoms with E-state index < -0.39 is 17.9 Å². The van der Waals surface area contributed by atoms with Crippen LogP contribution in [0.3, 0.4) is 0 Å². The molecule has 0 aliphatic heterocycles. The van der Waals surface area contributed by atoms with Crippen LogP contribution >= 0.6 is 11.3 Å². The lowest BCUT2D eigenvalue weighted by atomic mass is 9.99. The molecule has 0 aliphatic rings. The van der Waals surface area contributed by atoms with Gasteiger partial charge in [0.15, 0.2) is 0 Å². The van der Waals surface area contributed by atoms with Crippen molar-refractivity contribution in [1.82, 2.24) is 15.3 Å². The van der Waals surface area contributed by atoms with Gasteiger partial charge in [-0.05, 0) is 25.3 Å². The molecule has 0 aromatic carbocycles. The van der Waals surface area contributed by atoms with E-state index in [1.165, 1.54) is 0 Å². The van der Waals surface area contributed by atoms with Crippen molar-refractivity contribution in [2.45, 2.75) is 40.2 Å². The molecule has 23 heavy (non-hydrogen) atoms. The molecule has 2 unspecified atom stereocenters. The van der Waals surface area contributed by atoms with E-state index in [1.54, 1.807) is 20.8 Å². The monoisotopic (exact) mass is 337 g/mol. The summed E-state index contributed by atoms with van der Waals surface area (Å²) in [6, 6.07) is -0.968. The fourth-order valence-electron chi connectivity index (χ4n) is 2.36. The molecule has 0 saturated heterocycles. The Balaban J connectivity index is 2.42. The zero-order chi connectivity index (χ0) is 17.3. The maximum Gasteiger partial charge on any atom is 0.326 e. The molecule has 2 rings (SSSR count). The second-order valence-electron chi connectivity index (χ2n) is 5.56. The SMILES string of the molecule is CCC(C)C(NC(=O)c1sc2nc(C)[nH]c(=O)c2c1C)C(=O)O. The van der Waals surface area contributed by atoms with E-state index in [0.29, 0.717) is 32.9 Å². The van der Waals surface area contributed by atoms with E-state index in [9.17, 15) is 19.5 Å². The molecule has 0 spiro atoms. The largest absolute Gasteiger partial charge is 0.480 e. The highest BCUT2D eigenvalue weighted by Crippen LogP contribution is 2.27. The van der Waals surface area contributed by atoms with E-state index in [0.717, 1.165) is 11.3 Å². The lowest BCUT2D eigenvalue weighted by Gasteiger charge is -2.19. The number of hydrogen-bond donors (Lipinski definition) is 3. The average molecular weight is 337 g/mol. The molecule has 2 aromatic rings. The molecule has 0 saturated carbocycles. The summed E-state index contributed by atoms with van der Waals surface area (Å²) in [4.78, 5) is 43.5. The molecular formula is C15H19N3O4S. The Hall–Kier alpha value is -2.22. The third-order valence-corrected chi connectivity index (χ3v) is 5.08. The number of aromatic amines is 1. The smallest absolute Gasteiger partial charge is 0.326 e. The first kappa shape index (κ1) is 17.1. The molecule has 1 amide bonds. The normalized spacial score (nSPS) is 13.7. The van der Waals surface area contributed by atoms with Crippen LogP contribution in [-0.4, -0.2) is 33.0 Å². The maximum absolute atomic E-state index is 12.5. The molecule has 2 heterocycles. The number of H-pyrrole nitrogens is 1. The summed E-state index contributed by atoms with van der Waals surface area (Å²) in [5.41, 5.74) is 0.224. The van der Waals surface area contributed by atoms with Crippen LogP contribution < -0.4 is 10.9 Å². The number of aromatic nitrogens is 2. The van der Waals surface area contributed by atoms with Crippen molar-refractivity contribution in [2.24, 2.45) is 5.92 Å². The summed E-state index contributed by atoms with van der Waals surface area (Å²) in [6.45, 7) is 6.97. The maximum atomic E-state index is 12.5. The van der Waals surface area contributed by atoms with Crippen molar-refractivity contribution in [1.29, 1.82) is 0 Å². The highest BCUT2D eigenvalue weighted by molar-refractivity contribution is 7.20. The molecule has 3 N–H and O–H groups in total. The second-order valence-corrected chi connectivity index (χ2v) is 6.56. The number of aliphatic carboxylic acids is 1. The Labute approximate surface area is 136 Å². The van der Waals surface area contributed by atoms with Crippen LogP contribution in [0.5, 0.6) is 0 Å². The van der Waals surface area contributed by atoms with Gasteiger partial charge in [0.25, 0.3) is 11.5 Å². The molecule has 7 nitrogen and oxygen atoms in total. The highest BCUT2D eigenvalue weighted by Gasteiger charge is 2.28. The van der Waals surface area contributed by atoms with Crippen LogP contribution in [0.25, 0.3) is 10.2 Å². The van der Waals surface area contributed by atoms with Gasteiger partial charge in [-0.15, -0.1) is 11.3 Å². The number of fused-ring (bicyclic) bond motifs is 1. The minimum atomic E-state index is -1.07. The van der Waals surface area contributed by atoms with Crippen molar-refractivity contribution in [3.63, 3.8) is 0 Å². The number of rotatable bonds is 5. The van der Waals surface area contributed by atoms with Gasteiger partial charge in [0, 0.05) is 0 Å². The fraction of sp³-hybridized carbons (Fsp3) is 0.467. The summed E-state index contributed by atoms with van der Waals surface area (Å²) in [5.74, 6) is -1.29. The number of carboxylic acid groups (broad SMARTS) is 1. The summed E-state index contributed by atoms with van der Waals surface area (Å²) in [7, 11) is 0. The number of carbonyl (C=O) groups is 2. The number of aryl methyl sites for hydroxylation is 2. The fourth-order valence-corrected chi connectivity index (χ4v) is 3.49. The molecule has 124 valence electrons. The van der Waals surface area contributed by atoms with Gasteiger partial charge in [-0.3, -0.25) is 9.59 Å². The molecule has 0 fully saturated rings. The van der Waals surface area contributed by atoms with Crippen molar-refractivity contribution < 1.29 is 14.7 Å². The standard InChI is InChI=1S/C15H19N3O4S/c1-5-6(2)10(15(21)22)18-13(20)11-7(3)9-12(19)16-8(4)17-14(9)23-11/h6,10H,5H2,1-4H3,(H,18,20)(H,21,22)(H,16,17,19). The molecule has 8 heteroatoms. The first-order valence-electron chi connectivity index (χ1n) is 7.29. The van der Waals surface area contributed by atoms with Crippen LogP contribution in [0, 0.1) is 19.8 Å². The lowest BCUT2D eigenvalue weighted by Crippen LogP contribution is -2.44. The molecule has 0 bridgehead atoms. The minimum Gasteiger partial charge on any atom is -0.480 e. The van der Waals surface area contributed by atoms with Gasteiger partial charge in [0.2, 0.25) is 0 Å². The summed E-state index contributed by atoms with van der Waals surface area (Å²) < 4.78 is 0. The lowest BCUT2D eigenvalue weighted by molar-refractivity contribution is -0.140. The highest BCUT2D eigenvalue weighted by atomic mass is 32.1. The van der Waals surface area contributed by atoms with Crippen molar-refractivity contribution >= 4 is 33.4 Å². The quantitative estimate of drug-likeness (QED) is 0.770. The van der Waals surface area contributed by atoms with Gasteiger partial charge in [-0.2, -0.15) is 0 Å². The van der Waals surface area contributed by atoms with Gasteiger partial charge in [0.05, 0.1) is 10.3 Å². The molecule has 0 aliphatic carbocycles. The Kier molecular flexibility index (Phi) is 4.84. The minimum absolute atomic E-state index is 0.199. The van der Waals surface area contributed by atoms with Gasteiger partial charge in [0.1, 0.15) is 16.7 Å². The number of carboxylic acids is 1. The van der Waals surface area contributed by atoms with Crippen molar-refractivity contribution in [3.8, 4) is 0 Å². The number of hydrogen-bond acceptors (Lipinski definition) is 5. The van der Waals surface area contributed by atoms with E-state index in [1.807, 2.05) is 6.92 Å². The van der Waals surface area contributed by atoms with Crippen LogP contribution in [0.1, 0.15) is 41.3 Å². The third-order valence-electron chi connectivity index (χ3n) is 3.89. The Morgan fingerprint density at radius 1 is 1.39 bits per heavy atom. The molecule has 0 radical (unpaired) electrons. The first-order valence-corrected chi connectivity index (χ1v) is 8.11. The third kappa shape index (κ3) is 3.26. The zero-order valence-electron chi connectivity index (χ0n) is 13.4. The predicted molar refractivity (Wildman–Crippen MR) is 88.1 cm³/mol. The van der Waals surface area contributed by atoms with Crippen LogP contribution in [0.4, 0.5) is 0 Å². The number of nitrogens with zero attached hydrogens (tertiary/aromatic N) is 1. The van der Waals surface area contributed by atoms with Gasteiger partial charge in [-0.25, -0.2) is 9.78 Å². The van der Waals surface area contributed by atoms with Crippen molar-refractivity contribution in [2.75, 3.05) is 0 Å². The summed E-state index contributed by atoms with van der Waals surface area (Å²) >= 11 is 1.10. The van der Waals surface area contributed by atoms with Gasteiger partial charge < -0.3 is 15.4 Å². The number of nitrogens with one attached hydrogen (secondary N) is 2. The molecule has 2 atom stereocenters. The van der Waals surface area contributed by atoms with E-state index in [-0.39, 0.29) is 11.5 Å². The summed E-state index contributed by atoms with van der Waals surface area (Å²) in [5, 5.41) is 12.2. The van der Waals surface area contributed by atoms with Gasteiger partial charge >= 0.3 is 5.97 Å².